The lowest BCUT2D eigenvalue weighted by Crippen LogP contribution is -2.37. The first-order valence-electron chi connectivity index (χ1n) is 10.2. The molecule has 8 nitrogen and oxygen atoms in total. The highest BCUT2D eigenvalue weighted by molar-refractivity contribution is 8.26. The quantitative estimate of drug-likeness (QED) is 0.510. The molecule has 0 saturated carbocycles. The zero-order valence-corrected chi connectivity index (χ0v) is 19.1. The lowest BCUT2D eigenvalue weighted by Gasteiger charge is -2.33. The van der Waals surface area contributed by atoms with Gasteiger partial charge in [0.2, 0.25) is 0 Å². The summed E-state index contributed by atoms with van der Waals surface area (Å²) in [6.07, 6.45) is 4.64. The van der Waals surface area contributed by atoms with Crippen molar-refractivity contribution in [2.24, 2.45) is 0 Å². The van der Waals surface area contributed by atoms with Crippen LogP contribution in [0.15, 0.2) is 9.70 Å². The second-order valence-corrected chi connectivity index (χ2v) is 9.10. The minimum absolute atomic E-state index is 0.00715. The maximum Gasteiger partial charge on any atom is 0.305 e. The summed E-state index contributed by atoms with van der Waals surface area (Å²) in [4.78, 5) is 40.6. The molecule has 164 valence electrons. The average molecular weight is 461 g/mol. The molecule has 2 aliphatic rings. The van der Waals surface area contributed by atoms with Gasteiger partial charge in [-0.05, 0) is 44.7 Å². The minimum Gasteiger partial charge on any atom is -0.481 e. The van der Waals surface area contributed by atoms with E-state index >= 15 is 0 Å². The third-order valence-corrected chi connectivity index (χ3v) is 6.89. The molecule has 3 rings (SSSR count). The molecule has 1 N–H and O–H groups in total. The number of nitriles is 1. The summed E-state index contributed by atoms with van der Waals surface area (Å²) in [6.45, 7) is 5.59. The van der Waals surface area contributed by atoms with E-state index in [-0.39, 0.29) is 30.0 Å². The Labute approximate surface area is 190 Å². The normalized spacial score (nSPS) is 18.0. The summed E-state index contributed by atoms with van der Waals surface area (Å²) in [5.74, 6) is -0.637. The maximum atomic E-state index is 13.0. The molecule has 0 bridgehead atoms. The topological polar surface area (TPSA) is 107 Å². The van der Waals surface area contributed by atoms with Gasteiger partial charge >= 0.3 is 5.97 Å². The SMILES string of the molecule is CCn1c(N2CCCCC2)c(/C=C2\SC(=S)N(CCC(=O)O)C2=O)c(C)c(C#N)c1=O. The number of thiocarbonyl (C=S) groups is 1. The number of hydrogen-bond acceptors (Lipinski definition) is 7. The molecule has 2 aliphatic heterocycles. The van der Waals surface area contributed by atoms with Gasteiger partial charge in [-0.15, -0.1) is 0 Å². The smallest absolute Gasteiger partial charge is 0.305 e. The number of amides is 1. The molecule has 10 heteroatoms. The number of aromatic nitrogens is 1. The number of thioether (sulfide) groups is 1. The molecule has 31 heavy (non-hydrogen) atoms. The number of aliphatic carboxylic acids is 1. The highest BCUT2D eigenvalue weighted by atomic mass is 32.2. The largest absolute Gasteiger partial charge is 0.481 e. The number of rotatable bonds is 6. The first kappa shape index (κ1) is 23.0. The molecular formula is C21H24N4O4S2. The van der Waals surface area contributed by atoms with Crippen molar-refractivity contribution in [3.63, 3.8) is 0 Å². The molecule has 0 radical (unpaired) electrons. The van der Waals surface area contributed by atoms with Crippen molar-refractivity contribution in [1.82, 2.24) is 9.47 Å². The fourth-order valence-corrected chi connectivity index (χ4v) is 5.21. The van der Waals surface area contributed by atoms with E-state index in [1.165, 1.54) is 4.90 Å². The van der Waals surface area contributed by atoms with E-state index in [9.17, 15) is 19.6 Å². The van der Waals surface area contributed by atoms with E-state index < -0.39 is 5.97 Å². The number of anilines is 1. The predicted molar refractivity (Wildman–Crippen MR) is 124 cm³/mol. The maximum absolute atomic E-state index is 13.0. The standard InChI is InChI=1S/C21H24N4O4S2/c1-3-24-18(23-8-5-4-6-9-23)14(13(2)15(12-22)19(24)28)11-16-20(29)25(21(30)31-16)10-7-17(26)27/h11H,3-10H2,1-2H3,(H,26,27)/b16-11-. The predicted octanol–water partition coefficient (Wildman–Crippen LogP) is 2.71. The number of hydrogen-bond donors (Lipinski definition) is 1. The summed E-state index contributed by atoms with van der Waals surface area (Å²) in [5, 5.41) is 18.5. The van der Waals surface area contributed by atoms with E-state index in [0.29, 0.717) is 26.9 Å². The van der Waals surface area contributed by atoms with Gasteiger partial charge in [0.15, 0.2) is 0 Å². The number of nitrogens with zero attached hydrogens (tertiary/aromatic N) is 4. The van der Waals surface area contributed by atoms with E-state index in [0.717, 1.165) is 49.9 Å². The van der Waals surface area contributed by atoms with Crippen molar-refractivity contribution in [3.8, 4) is 6.07 Å². The van der Waals surface area contributed by atoms with Crippen molar-refractivity contribution in [1.29, 1.82) is 5.26 Å². The molecule has 1 aromatic rings. The Bertz CT molecular complexity index is 1060. The third-order valence-electron chi connectivity index (χ3n) is 5.52. The van der Waals surface area contributed by atoms with Crippen LogP contribution in [-0.2, 0) is 16.1 Å². The zero-order chi connectivity index (χ0) is 22.7. The molecule has 1 aromatic heterocycles. The van der Waals surface area contributed by atoms with Gasteiger partial charge in [-0.3, -0.25) is 23.9 Å². The van der Waals surface area contributed by atoms with Crippen LogP contribution in [0.2, 0.25) is 0 Å². The van der Waals surface area contributed by atoms with Crippen LogP contribution >= 0.6 is 24.0 Å². The van der Waals surface area contributed by atoms with Gasteiger partial charge < -0.3 is 10.0 Å². The fraction of sp³-hybridized carbons (Fsp3) is 0.476. The Balaban J connectivity index is 2.15. The number of carbonyl (C=O) groups excluding carboxylic acids is 1. The summed E-state index contributed by atoms with van der Waals surface area (Å²) < 4.78 is 1.91. The second kappa shape index (κ2) is 9.66. The Morgan fingerprint density at radius 3 is 2.55 bits per heavy atom. The highest BCUT2D eigenvalue weighted by Gasteiger charge is 2.33. The van der Waals surface area contributed by atoms with E-state index in [4.69, 9.17) is 17.3 Å². The molecule has 2 fully saturated rings. The van der Waals surface area contributed by atoms with Gasteiger partial charge in [0.1, 0.15) is 21.8 Å². The third kappa shape index (κ3) is 4.52. The first-order valence-corrected chi connectivity index (χ1v) is 11.4. The summed E-state index contributed by atoms with van der Waals surface area (Å²) in [5.41, 5.74) is 0.941. The van der Waals surface area contributed by atoms with Crippen LogP contribution in [0.5, 0.6) is 0 Å². The van der Waals surface area contributed by atoms with Gasteiger partial charge in [-0.25, -0.2) is 0 Å². The minimum atomic E-state index is -1.00. The van der Waals surface area contributed by atoms with Crippen molar-refractivity contribution in [2.75, 3.05) is 24.5 Å². The van der Waals surface area contributed by atoms with Crippen LogP contribution in [0.1, 0.15) is 49.3 Å². The fourth-order valence-electron chi connectivity index (χ4n) is 3.92. The number of carboxylic acids is 1. The lowest BCUT2D eigenvalue weighted by molar-refractivity contribution is -0.137. The van der Waals surface area contributed by atoms with Crippen LogP contribution in [0.25, 0.3) is 6.08 Å². The highest BCUT2D eigenvalue weighted by Crippen LogP contribution is 2.36. The number of carboxylic acid groups (broad SMARTS) is 1. The van der Waals surface area contributed by atoms with Crippen molar-refractivity contribution < 1.29 is 14.7 Å². The molecule has 0 aromatic carbocycles. The molecule has 0 unspecified atom stereocenters. The molecule has 2 saturated heterocycles. The van der Waals surface area contributed by atoms with Gasteiger partial charge in [-0.1, -0.05) is 24.0 Å². The molecule has 1 amide bonds. The number of piperidine rings is 1. The average Bonchev–Trinajstić information content (AvgIpc) is 3.01. The molecule has 3 heterocycles. The first-order chi connectivity index (χ1) is 14.8. The van der Waals surface area contributed by atoms with E-state index in [1.54, 1.807) is 17.6 Å². The van der Waals surface area contributed by atoms with Gasteiger partial charge in [0.05, 0.1) is 11.3 Å². The summed E-state index contributed by atoms with van der Waals surface area (Å²) in [7, 11) is 0. The Kier molecular flexibility index (Phi) is 7.18. The monoisotopic (exact) mass is 460 g/mol. The van der Waals surface area contributed by atoms with Crippen LogP contribution in [0.3, 0.4) is 0 Å². The van der Waals surface area contributed by atoms with Gasteiger partial charge in [0, 0.05) is 31.7 Å². The van der Waals surface area contributed by atoms with E-state index in [1.807, 2.05) is 13.0 Å². The molecule has 0 atom stereocenters. The molecule has 0 aliphatic carbocycles. The van der Waals surface area contributed by atoms with Crippen molar-refractivity contribution in [2.45, 2.75) is 46.1 Å². The van der Waals surface area contributed by atoms with E-state index in [2.05, 4.69) is 4.90 Å². The van der Waals surface area contributed by atoms with Gasteiger partial charge in [-0.2, -0.15) is 5.26 Å². The van der Waals surface area contributed by atoms with Crippen molar-refractivity contribution >= 4 is 52.1 Å². The van der Waals surface area contributed by atoms with Crippen LogP contribution in [-0.4, -0.2) is 50.4 Å². The van der Waals surface area contributed by atoms with Crippen molar-refractivity contribution in [3.05, 3.63) is 31.9 Å². The van der Waals surface area contributed by atoms with Crippen LogP contribution in [0.4, 0.5) is 5.82 Å². The summed E-state index contributed by atoms with van der Waals surface area (Å²) >= 11 is 6.40. The molecule has 0 spiro atoms. The summed E-state index contributed by atoms with van der Waals surface area (Å²) in [6, 6.07) is 2.02. The Morgan fingerprint density at radius 1 is 1.29 bits per heavy atom. The number of pyridine rings is 1. The Morgan fingerprint density at radius 2 is 1.97 bits per heavy atom. The Hall–Kier alpha value is -2.64. The molecular weight excluding hydrogens is 436 g/mol. The lowest BCUT2D eigenvalue weighted by atomic mass is 10.0. The van der Waals surface area contributed by atoms with Gasteiger partial charge in [0.25, 0.3) is 11.5 Å². The second-order valence-electron chi connectivity index (χ2n) is 7.42. The van der Waals surface area contributed by atoms with Crippen LogP contribution < -0.4 is 10.5 Å². The number of carbonyl (C=O) groups is 2. The zero-order valence-electron chi connectivity index (χ0n) is 17.5. The van der Waals surface area contributed by atoms with Crippen LogP contribution in [0, 0.1) is 18.3 Å².